The quantitative estimate of drug-likeness (QED) is 0.500. The molecule has 0 spiro atoms. The Morgan fingerprint density at radius 2 is 1.69 bits per heavy atom. The molecule has 2 aromatic rings. The first-order chi connectivity index (χ1) is 15.3. The molecule has 2 aromatic carbocycles. The number of carbonyl (C=O) groups excluding carboxylic acids is 4. The van der Waals surface area contributed by atoms with Crippen LogP contribution in [0, 0.1) is 23.6 Å². The molecule has 2 aliphatic rings. The van der Waals surface area contributed by atoms with E-state index < -0.39 is 47.7 Å². The second-order valence-electron chi connectivity index (χ2n) is 8.39. The van der Waals surface area contributed by atoms with Crippen LogP contribution in [-0.4, -0.2) is 40.1 Å². The van der Waals surface area contributed by atoms with Crippen molar-refractivity contribution in [2.75, 3.05) is 6.54 Å². The molecule has 8 heteroatoms. The summed E-state index contributed by atoms with van der Waals surface area (Å²) in [5, 5.41) is 1.86. The molecule has 0 aromatic heterocycles. The summed E-state index contributed by atoms with van der Waals surface area (Å²) >= 11 is 6.19. The molecule has 2 fully saturated rings. The summed E-state index contributed by atoms with van der Waals surface area (Å²) in [5.41, 5.74) is 0.235. The molecular weight excluding hydrogens is 435 g/mol. The SMILES string of the molecule is C[C@@H]1CC[C@@H]2C(=O)N(N(CC(=O)c3ccc(F)cc3)C(=O)c3ccccc3Cl)C(=O)[C@@H]2C1. The van der Waals surface area contributed by atoms with E-state index in [1.54, 1.807) is 12.1 Å². The van der Waals surface area contributed by atoms with Gasteiger partial charge >= 0.3 is 0 Å². The van der Waals surface area contributed by atoms with Gasteiger partial charge in [-0.25, -0.2) is 9.40 Å². The molecule has 1 saturated carbocycles. The first-order valence-electron chi connectivity index (χ1n) is 10.5. The number of hydrogen-bond acceptors (Lipinski definition) is 4. The Bertz CT molecular complexity index is 1090. The third-order valence-electron chi connectivity index (χ3n) is 6.20. The number of nitrogens with zero attached hydrogens (tertiary/aromatic N) is 2. The van der Waals surface area contributed by atoms with E-state index in [-0.39, 0.29) is 16.1 Å². The van der Waals surface area contributed by atoms with Gasteiger partial charge in [0.1, 0.15) is 12.4 Å². The number of Topliss-reactive ketones (excluding diaryl/α,β-unsaturated/α-hetero) is 1. The monoisotopic (exact) mass is 456 g/mol. The van der Waals surface area contributed by atoms with Gasteiger partial charge in [0.05, 0.1) is 22.4 Å². The first kappa shape index (κ1) is 22.1. The number of carbonyl (C=O) groups is 4. The van der Waals surface area contributed by atoms with Crippen molar-refractivity contribution in [1.29, 1.82) is 0 Å². The highest BCUT2D eigenvalue weighted by molar-refractivity contribution is 6.34. The maximum absolute atomic E-state index is 13.4. The van der Waals surface area contributed by atoms with Gasteiger partial charge in [0.25, 0.3) is 17.7 Å². The van der Waals surface area contributed by atoms with Crippen molar-refractivity contribution in [3.05, 3.63) is 70.5 Å². The van der Waals surface area contributed by atoms with Crippen molar-refractivity contribution < 1.29 is 23.6 Å². The molecule has 0 bridgehead atoms. The molecule has 0 radical (unpaired) electrons. The maximum Gasteiger partial charge on any atom is 0.274 e. The van der Waals surface area contributed by atoms with Gasteiger partial charge in [-0.05, 0) is 61.6 Å². The van der Waals surface area contributed by atoms with Crippen LogP contribution < -0.4 is 0 Å². The summed E-state index contributed by atoms with van der Waals surface area (Å²) in [6.45, 7) is 1.48. The highest BCUT2D eigenvalue weighted by Gasteiger charge is 2.52. The van der Waals surface area contributed by atoms with Gasteiger partial charge in [0, 0.05) is 5.56 Å². The minimum Gasteiger partial charge on any atom is -0.292 e. The van der Waals surface area contributed by atoms with E-state index in [2.05, 4.69) is 0 Å². The summed E-state index contributed by atoms with van der Waals surface area (Å²) in [4.78, 5) is 52.8. The molecule has 1 aliphatic heterocycles. The van der Waals surface area contributed by atoms with Crippen LogP contribution in [0.5, 0.6) is 0 Å². The van der Waals surface area contributed by atoms with E-state index in [0.29, 0.717) is 18.8 Å². The Kier molecular flexibility index (Phi) is 6.11. The third kappa shape index (κ3) is 4.05. The van der Waals surface area contributed by atoms with Crippen LogP contribution in [-0.2, 0) is 9.59 Å². The third-order valence-corrected chi connectivity index (χ3v) is 6.53. The van der Waals surface area contributed by atoms with Crippen LogP contribution in [0.4, 0.5) is 4.39 Å². The summed E-state index contributed by atoms with van der Waals surface area (Å²) in [7, 11) is 0. The Morgan fingerprint density at radius 3 is 2.38 bits per heavy atom. The maximum atomic E-state index is 13.4. The predicted molar refractivity (Wildman–Crippen MR) is 115 cm³/mol. The fraction of sp³-hybridized carbons (Fsp3) is 0.333. The van der Waals surface area contributed by atoms with Crippen LogP contribution in [0.25, 0.3) is 0 Å². The lowest BCUT2D eigenvalue weighted by atomic mass is 9.76. The predicted octanol–water partition coefficient (Wildman–Crippen LogP) is 4.14. The lowest BCUT2D eigenvalue weighted by molar-refractivity contribution is -0.154. The number of amides is 3. The van der Waals surface area contributed by atoms with Crippen molar-refractivity contribution in [3.63, 3.8) is 0 Å². The van der Waals surface area contributed by atoms with Gasteiger partial charge in [0.2, 0.25) is 0 Å². The Balaban J connectivity index is 1.70. The number of halogens is 2. The van der Waals surface area contributed by atoms with Gasteiger partial charge in [-0.3, -0.25) is 19.2 Å². The standard InChI is InChI=1S/C24H22ClFN2O4/c1-14-6-11-17-19(12-14)24(32)28(23(17)31)27(22(30)18-4-2-3-5-20(18)25)13-21(29)15-7-9-16(26)10-8-15/h2-5,7-10,14,17,19H,6,11-13H2,1H3/t14-,17+,19-/m1/s1. The molecule has 1 heterocycles. The second kappa shape index (κ2) is 8.82. The Morgan fingerprint density at radius 1 is 1.03 bits per heavy atom. The zero-order valence-electron chi connectivity index (χ0n) is 17.5. The first-order valence-corrected chi connectivity index (χ1v) is 10.9. The molecule has 3 amide bonds. The normalized spacial score (nSPS) is 22.6. The number of rotatable bonds is 5. The molecule has 6 nitrogen and oxygen atoms in total. The topological polar surface area (TPSA) is 74.8 Å². The summed E-state index contributed by atoms with van der Waals surface area (Å²) in [5.74, 6) is -3.42. The number of hydrazine groups is 1. The Labute approximate surface area is 189 Å². The minimum absolute atomic E-state index is 0.0740. The van der Waals surface area contributed by atoms with Crippen LogP contribution in [0.2, 0.25) is 5.02 Å². The number of imide groups is 1. The Hall–Kier alpha value is -3.06. The van der Waals surface area contributed by atoms with Gasteiger partial charge in [-0.1, -0.05) is 30.7 Å². The summed E-state index contributed by atoms with van der Waals surface area (Å²) < 4.78 is 13.3. The molecular formula is C24H22ClFN2O4. The van der Waals surface area contributed by atoms with Gasteiger partial charge < -0.3 is 0 Å². The molecule has 166 valence electrons. The van der Waals surface area contributed by atoms with E-state index in [9.17, 15) is 23.6 Å². The zero-order valence-corrected chi connectivity index (χ0v) is 18.2. The average molecular weight is 457 g/mol. The van der Waals surface area contributed by atoms with Gasteiger partial charge in [0.15, 0.2) is 5.78 Å². The molecule has 1 saturated heterocycles. The van der Waals surface area contributed by atoms with Crippen LogP contribution >= 0.6 is 11.6 Å². The fourth-order valence-electron chi connectivity index (χ4n) is 4.48. The smallest absolute Gasteiger partial charge is 0.274 e. The lowest BCUT2D eigenvalue weighted by Gasteiger charge is -2.30. The van der Waals surface area contributed by atoms with Crippen LogP contribution in [0.3, 0.4) is 0 Å². The zero-order chi connectivity index (χ0) is 23.0. The summed E-state index contributed by atoms with van der Waals surface area (Å²) in [6, 6.07) is 11.1. The van der Waals surface area contributed by atoms with Gasteiger partial charge in [-0.2, -0.15) is 5.01 Å². The number of hydrogen-bond donors (Lipinski definition) is 0. The molecule has 1 aliphatic carbocycles. The van der Waals surface area contributed by atoms with Crippen molar-refractivity contribution in [2.24, 2.45) is 17.8 Å². The van der Waals surface area contributed by atoms with E-state index in [1.807, 2.05) is 6.92 Å². The minimum atomic E-state index is -0.723. The highest BCUT2D eigenvalue weighted by atomic mass is 35.5. The molecule has 4 rings (SSSR count). The second-order valence-corrected chi connectivity index (χ2v) is 8.80. The summed E-state index contributed by atoms with van der Waals surface area (Å²) in [6.07, 6.45) is 1.94. The van der Waals surface area contributed by atoms with Crippen molar-refractivity contribution in [1.82, 2.24) is 10.0 Å². The molecule has 32 heavy (non-hydrogen) atoms. The lowest BCUT2D eigenvalue weighted by Crippen LogP contribution is -2.52. The van der Waals surface area contributed by atoms with E-state index in [1.165, 1.54) is 24.3 Å². The van der Waals surface area contributed by atoms with Crippen molar-refractivity contribution >= 4 is 35.1 Å². The van der Waals surface area contributed by atoms with Crippen molar-refractivity contribution in [3.8, 4) is 0 Å². The molecule has 0 unspecified atom stereocenters. The van der Waals surface area contributed by atoms with Crippen molar-refractivity contribution in [2.45, 2.75) is 26.2 Å². The highest BCUT2D eigenvalue weighted by Crippen LogP contribution is 2.41. The van der Waals surface area contributed by atoms with E-state index in [4.69, 9.17) is 11.6 Å². The van der Waals surface area contributed by atoms with E-state index >= 15 is 0 Å². The van der Waals surface area contributed by atoms with Gasteiger partial charge in [-0.15, -0.1) is 0 Å². The number of benzene rings is 2. The fourth-order valence-corrected chi connectivity index (χ4v) is 4.70. The number of ketones is 1. The van der Waals surface area contributed by atoms with Crippen LogP contribution in [0.15, 0.2) is 48.5 Å². The van der Waals surface area contributed by atoms with Crippen LogP contribution in [0.1, 0.15) is 46.9 Å². The molecule has 3 atom stereocenters. The largest absolute Gasteiger partial charge is 0.292 e. The average Bonchev–Trinajstić information content (AvgIpc) is 3.01. The van der Waals surface area contributed by atoms with E-state index in [0.717, 1.165) is 28.6 Å². The number of fused-ring (bicyclic) bond motifs is 1. The molecule has 0 N–H and O–H groups in total.